The molecule has 0 aliphatic carbocycles. The average Bonchev–Trinajstić information content (AvgIpc) is 3.10. The molecule has 0 aromatic heterocycles. The Kier molecular flexibility index (Phi) is 17.8. The second-order valence-corrected chi connectivity index (χ2v) is 14.9. The first-order chi connectivity index (χ1) is 24.5. The van der Waals surface area contributed by atoms with E-state index in [9.17, 15) is 24.0 Å². The number of hydrogen-bond acceptors (Lipinski definition) is 10. The molecule has 2 aromatic rings. The molecular weight excluding hydrogens is 668 g/mol. The van der Waals surface area contributed by atoms with Crippen molar-refractivity contribution in [2.45, 2.75) is 99.3 Å². The molecule has 0 aliphatic rings. The Morgan fingerprint density at radius 2 is 1.27 bits per heavy atom. The summed E-state index contributed by atoms with van der Waals surface area (Å²) in [6.45, 7) is 12.9. The monoisotopic (exact) mass is 726 g/mol. The van der Waals surface area contributed by atoms with Gasteiger partial charge in [-0.2, -0.15) is 0 Å². The van der Waals surface area contributed by atoms with Crippen molar-refractivity contribution in [3.63, 3.8) is 0 Å². The van der Waals surface area contributed by atoms with Gasteiger partial charge in [-0.25, -0.2) is 0 Å². The molecule has 288 valence electrons. The van der Waals surface area contributed by atoms with E-state index in [4.69, 9.17) is 28.8 Å². The molecule has 0 saturated carbocycles. The number of carboxylic acids is 1. The normalized spacial score (nSPS) is 14.3. The number of para-hydroxylation sites is 1. The van der Waals surface area contributed by atoms with Crippen LogP contribution in [0, 0.1) is 22.2 Å². The molecule has 3 atom stereocenters. The molecule has 0 aliphatic heterocycles. The highest BCUT2D eigenvalue weighted by Crippen LogP contribution is 2.50. The third kappa shape index (κ3) is 14.7. The van der Waals surface area contributed by atoms with E-state index in [1.807, 2.05) is 88.4 Å². The molecule has 2 rings (SSSR count). The topological polar surface area (TPSA) is 152 Å². The summed E-state index contributed by atoms with van der Waals surface area (Å²) >= 11 is 0. The SMILES string of the molecule is CCCC(CC(C)(C)C(=O)OCCOc1ccccc1)(CC(C)(CC(C)c1ccccc1)C(=O)OCCOC(=O)CCC(=O)O)C(=O)OCC(C)C. The molecule has 0 saturated heterocycles. The number of carboxylic acid groups (broad SMARTS) is 1. The van der Waals surface area contributed by atoms with E-state index in [2.05, 4.69) is 0 Å². The summed E-state index contributed by atoms with van der Waals surface area (Å²) in [5, 5.41) is 8.83. The van der Waals surface area contributed by atoms with E-state index in [1.54, 1.807) is 20.8 Å². The minimum absolute atomic E-state index is 0.00917. The third-order valence-electron chi connectivity index (χ3n) is 8.84. The lowest BCUT2D eigenvalue weighted by molar-refractivity contribution is -0.173. The van der Waals surface area contributed by atoms with Crippen molar-refractivity contribution in [3.8, 4) is 5.75 Å². The first-order valence-corrected chi connectivity index (χ1v) is 18.2. The van der Waals surface area contributed by atoms with Gasteiger partial charge in [0.05, 0.1) is 35.7 Å². The lowest BCUT2D eigenvalue weighted by Crippen LogP contribution is -2.47. The number of ether oxygens (including phenoxy) is 5. The van der Waals surface area contributed by atoms with Gasteiger partial charge in [-0.1, -0.05) is 82.6 Å². The lowest BCUT2D eigenvalue weighted by atomic mass is 9.61. The highest BCUT2D eigenvalue weighted by molar-refractivity contribution is 5.83. The van der Waals surface area contributed by atoms with Gasteiger partial charge in [0.15, 0.2) is 0 Å². The van der Waals surface area contributed by atoms with Crippen molar-refractivity contribution in [2.24, 2.45) is 22.2 Å². The Morgan fingerprint density at radius 3 is 1.87 bits per heavy atom. The van der Waals surface area contributed by atoms with Gasteiger partial charge in [-0.05, 0) is 76.0 Å². The molecule has 0 bridgehead atoms. The lowest BCUT2D eigenvalue weighted by Gasteiger charge is -2.43. The van der Waals surface area contributed by atoms with Crippen LogP contribution >= 0.6 is 0 Å². The van der Waals surface area contributed by atoms with Crippen molar-refractivity contribution >= 4 is 29.8 Å². The fourth-order valence-corrected chi connectivity index (χ4v) is 6.58. The van der Waals surface area contributed by atoms with Crippen LogP contribution in [0.1, 0.15) is 105 Å². The van der Waals surface area contributed by atoms with E-state index < -0.39 is 46.1 Å². The summed E-state index contributed by atoms with van der Waals surface area (Å²) in [6.07, 6.45) is 0.608. The smallest absolute Gasteiger partial charge is 0.312 e. The molecule has 0 heterocycles. The molecule has 52 heavy (non-hydrogen) atoms. The Bertz CT molecular complexity index is 1420. The fourth-order valence-electron chi connectivity index (χ4n) is 6.58. The highest BCUT2D eigenvalue weighted by atomic mass is 16.6. The fraction of sp³-hybridized carbons (Fsp3) is 0.585. The van der Waals surface area contributed by atoms with E-state index in [0.29, 0.717) is 25.0 Å². The van der Waals surface area contributed by atoms with Crippen LogP contribution in [0.3, 0.4) is 0 Å². The number of benzene rings is 2. The number of hydrogen-bond donors (Lipinski definition) is 1. The van der Waals surface area contributed by atoms with Crippen molar-refractivity contribution in [3.05, 3.63) is 66.2 Å². The zero-order chi connectivity index (χ0) is 38.8. The predicted octanol–water partition coefficient (Wildman–Crippen LogP) is 7.55. The standard InChI is InChI=1S/C41H58O11/c1-8-21-41(38(47)52-27-30(2)3,28-39(5,6)36(45)50-24-22-48-33-17-13-10-14-18-33)29-40(7,26-31(4)32-15-11-9-12-16-32)37(46)51-25-23-49-35(44)20-19-34(42)43/h9-18,30-31H,8,19-29H2,1-7H3,(H,42,43). The van der Waals surface area contributed by atoms with Gasteiger partial charge in [-0.3, -0.25) is 24.0 Å². The molecule has 1 N–H and O–H groups in total. The highest BCUT2D eigenvalue weighted by Gasteiger charge is 2.53. The van der Waals surface area contributed by atoms with Crippen molar-refractivity contribution in [2.75, 3.05) is 33.0 Å². The van der Waals surface area contributed by atoms with Crippen LogP contribution in [-0.4, -0.2) is 68.0 Å². The Hall–Kier alpha value is -4.41. The van der Waals surface area contributed by atoms with Crippen LogP contribution in [0.15, 0.2) is 60.7 Å². The van der Waals surface area contributed by atoms with Gasteiger partial charge in [0, 0.05) is 0 Å². The van der Waals surface area contributed by atoms with Gasteiger partial charge >= 0.3 is 29.8 Å². The summed E-state index contributed by atoms with van der Waals surface area (Å²) in [5.74, 6) is -2.84. The van der Waals surface area contributed by atoms with Gasteiger partial charge < -0.3 is 28.8 Å². The molecule has 2 aromatic carbocycles. The number of carbonyl (C=O) groups is 5. The van der Waals surface area contributed by atoms with Crippen LogP contribution in [0.2, 0.25) is 0 Å². The second kappa shape index (κ2) is 21.2. The maximum Gasteiger partial charge on any atom is 0.312 e. The van der Waals surface area contributed by atoms with E-state index in [0.717, 1.165) is 5.56 Å². The maximum absolute atomic E-state index is 14.3. The summed E-state index contributed by atoms with van der Waals surface area (Å²) in [5.41, 5.74) is -2.68. The maximum atomic E-state index is 14.3. The molecule has 0 spiro atoms. The first kappa shape index (κ1) is 43.8. The molecule has 11 heteroatoms. The van der Waals surface area contributed by atoms with Crippen LogP contribution in [0.5, 0.6) is 5.75 Å². The van der Waals surface area contributed by atoms with Crippen molar-refractivity contribution in [1.82, 2.24) is 0 Å². The largest absolute Gasteiger partial charge is 0.490 e. The van der Waals surface area contributed by atoms with Gasteiger partial charge in [0.1, 0.15) is 32.2 Å². The number of aliphatic carboxylic acids is 1. The zero-order valence-corrected chi connectivity index (χ0v) is 31.9. The summed E-state index contributed by atoms with van der Waals surface area (Å²) in [6, 6.07) is 18.9. The Morgan fingerprint density at radius 1 is 0.692 bits per heavy atom. The van der Waals surface area contributed by atoms with Crippen LogP contribution in [-0.2, 0) is 42.9 Å². The average molecular weight is 727 g/mol. The van der Waals surface area contributed by atoms with Crippen molar-refractivity contribution < 1.29 is 52.8 Å². The van der Waals surface area contributed by atoms with Gasteiger partial charge in [0.2, 0.25) is 0 Å². The van der Waals surface area contributed by atoms with Gasteiger partial charge in [-0.15, -0.1) is 0 Å². The number of esters is 4. The molecule has 0 radical (unpaired) electrons. The molecule has 11 nitrogen and oxygen atoms in total. The third-order valence-corrected chi connectivity index (χ3v) is 8.84. The molecule has 0 fully saturated rings. The molecule has 3 unspecified atom stereocenters. The predicted molar refractivity (Wildman–Crippen MR) is 195 cm³/mol. The van der Waals surface area contributed by atoms with Gasteiger partial charge in [0.25, 0.3) is 0 Å². The number of rotatable bonds is 24. The Balaban J connectivity index is 2.40. The minimum Gasteiger partial charge on any atom is -0.490 e. The van der Waals surface area contributed by atoms with Crippen LogP contribution < -0.4 is 4.74 Å². The first-order valence-electron chi connectivity index (χ1n) is 18.2. The van der Waals surface area contributed by atoms with Crippen molar-refractivity contribution in [1.29, 1.82) is 0 Å². The van der Waals surface area contributed by atoms with E-state index in [-0.39, 0.29) is 70.6 Å². The summed E-state index contributed by atoms with van der Waals surface area (Å²) < 4.78 is 28.1. The van der Waals surface area contributed by atoms with E-state index >= 15 is 0 Å². The molecular formula is C41H58O11. The van der Waals surface area contributed by atoms with E-state index in [1.165, 1.54) is 0 Å². The van der Waals surface area contributed by atoms with Crippen LogP contribution in [0.4, 0.5) is 0 Å². The second-order valence-electron chi connectivity index (χ2n) is 14.9. The quantitative estimate of drug-likeness (QED) is 0.0648. The Labute approximate surface area is 308 Å². The summed E-state index contributed by atoms with van der Waals surface area (Å²) in [7, 11) is 0. The van der Waals surface area contributed by atoms with Crippen LogP contribution in [0.25, 0.3) is 0 Å². The number of carbonyl (C=O) groups excluding carboxylic acids is 4. The summed E-state index contributed by atoms with van der Waals surface area (Å²) in [4.78, 5) is 64.9. The minimum atomic E-state index is -1.28. The zero-order valence-electron chi connectivity index (χ0n) is 31.9. The molecule has 0 amide bonds.